The molecular weight excluding hydrogens is 308 g/mol. The van der Waals surface area contributed by atoms with Crippen molar-refractivity contribution in [1.29, 1.82) is 0 Å². The van der Waals surface area contributed by atoms with E-state index in [2.05, 4.69) is 20.9 Å². The third kappa shape index (κ3) is 3.40. The second-order valence-electron chi connectivity index (χ2n) is 5.53. The minimum absolute atomic E-state index is 0.179. The first-order valence-corrected chi connectivity index (χ1v) is 7.46. The number of para-hydroxylation sites is 1. The molecule has 3 amide bonds. The average molecular weight is 324 g/mol. The Hall–Kier alpha value is -3.22. The average Bonchev–Trinajstić information content (AvgIpc) is 2.65. The van der Waals surface area contributed by atoms with Gasteiger partial charge in [0, 0.05) is 6.20 Å². The van der Waals surface area contributed by atoms with E-state index in [4.69, 9.17) is 0 Å². The highest BCUT2D eigenvalue weighted by Crippen LogP contribution is 2.19. The summed E-state index contributed by atoms with van der Waals surface area (Å²) in [4.78, 5) is 40.6. The minimum atomic E-state index is -0.949. The Morgan fingerprint density at radius 1 is 1.25 bits per heavy atom. The number of nitrogens with one attached hydrogen (secondary N) is 3. The van der Waals surface area contributed by atoms with E-state index in [0.29, 0.717) is 17.1 Å². The number of hydrogen-bond acceptors (Lipinski definition) is 4. The molecule has 0 saturated carbocycles. The van der Waals surface area contributed by atoms with Crippen molar-refractivity contribution in [3.05, 3.63) is 53.7 Å². The Morgan fingerprint density at radius 3 is 2.83 bits per heavy atom. The highest BCUT2D eigenvalue weighted by Gasteiger charge is 2.29. The van der Waals surface area contributed by atoms with Crippen LogP contribution in [-0.4, -0.2) is 28.7 Å². The molecule has 0 bridgehead atoms. The van der Waals surface area contributed by atoms with Crippen LogP contribution in [0.4, 0.5) is 11.5 Å². The molecule has 0 spiro atoms. The van der Waals surface area contributed by atoms with Crippen LogP contribution in [0, 0.1) is 6.92 Å². The van der Waals surface area contributed by atoms with Crippen LogP contribution in [0.15, 0.2) is 42.6 Å². The molecule has 2 heterocycles. The number of rotatable bonds is 3. The van der Waals surface area contributed by atoms with Crippen LogP contribution in [0.3, 0.4) is 0 Å². The lowest BCUT2D eigenvalue weighted by Gasteiger charge is -2.14. The first kappa shape index (κ1) is 15.7. The summed E-state index contributed by atoms with van der Waals surface area (Å²) in [6.07, 6.45) is 1.41. The Kier molecular flexibility index (Phi) is 4.24. The van der Waals surface area contributed by atoms with Crippen LogP contribution in [-0.2, 0) is 9.59 Å². The molecule has 0 fully saturated rings. The predicted octanol–water partition coefficient (Wildman–Crippen LogP) is 1.47. The summed E-state index contributed by atoms with van der Waals surface area (Å²) in [6, 6.07) is 9.28. The molecule has 0 saturated heterocycles. The number of anilines is 2. The van der Waals surface area contributed by atoms with E-state index in [0.717, 1.165) is 5.56 Å². The lowest BCUT2D eigenvalue weighted by molar-refractivity contribution is -0.122. The molecule has 1 aliphatic rings. The molecule has 122 valence electrons. The molecule has 24 heavy (non-hydrogen) atoms. The summed E-state index contributed by atoms with van der Waals surface area (Å²) in [6.45, 7) is 1.88. The fraction of sp³-hybridized carbons (Fsp3) is 0.176. The van der Waals surface area contributed by atoms with Gasteiger partial charge in [-0.2, -0.15) is 0 Å². The first-order chi connectivity index (χ1) is 11.5. The van der Waals surface area contributed by atoms with Gasteiger partial charge in [-0.25, -0.2) is 4.98 Å². The van der Waals surface area contributed by atoms with E-state index in [1.807, 2.05) is 13.0 Å². The zero-order chi connectivity index (χ0) is 17.1. The molecular formula is C17H16N4O3. The fourth-order valence-electron chi connectivity index (χ4n) is 2.44. The summed E-state index contributed by atoms with van der Waals surface area (Å²) < 4.78 is 0. The molecule has 3 N–H and O–H groups in total. The van der Waals surface area contributed by atoms with Gasteiger partial charge < -0.3 is 16.0 Å². The van der Waals surface area contributed by atoms with Crippen LogP contribution < -0.4 is 16.0 Å². The third-order valence-corrected chi connectivity index (χ3v) is 3.62. The molecule has 7 nitrogen and oxygen atoms in total. The molecule has 1 atom stereocenters. The predicted molar refractivity (Wildman–Crippen MR) is 88.5 cm³/mol. The molecule has 2 aromatic rings. The second kappa shape index (κ2) is 6.49. The third-order valence-electron chi connectivity index (χ3n) is 3.62. The Labute approximate surface area is 138 Å². The maximum Gasteiger partial charge on any atom is 0.254 e. The van der Waals surface area contributed by atoms with Crippen LogP contribution >= 0.6 is 0 Å². The maximum absolute atomic E-state index is 12.2. The summed E-state index contributed by atoms with van der Waals surface area (Å²) in [7, 11) is 0. The van der Waals surface area contributed by atoms with E-state index >= 15 is 0 Å². The van der Waals surface area contributed by atoms with Gasteiger partial charge in [0.25, 0.3) is 5.91 Å². The second-order valence-corrected chi connectivity index (χ2v) is 5.53. The number of carbonyl (C=O) groups is 3. The van der Waals surface area contributed by atoms with Crippen molar-refractivity contribution in [3.8, 4) is 0 Å². The van der Waals surface area contributed by atoms with Crippen molar-refractivity contribution < 1.29 is 14.4 Å². The highest BCUT2D eigenvalue weighted by molar-refractivity contribution is 6.11. The number of pyridine rings is 1. The van der Waals surface area contributed by atoms with Crippen molar-refractivity contribution in [1.82, 2.24) is 10.3 Å². The smallest absolute Gasteiger partial charge is 0.254 e. The van der Waals surface area contributed by atoms with Crippen LogP contribution in [0.2, 0.25) is 0 Å². The van der Waals surface area contributed by atoms with Crippen LogP contribution in [0.25, 0.3) is 0 Å². The summed E-state index contributed by atoms with van der Waals surface area (Å²) in [5.41, 5.74) is 1.76. The SMILES string of the molecule is Cc1ccnc(NC(=O)C[C@H]2NC(=O)c3ccccc3NC2=O)c1. The van der Waals surface area contributed by atoms with E-state index in [1.54, 1.807) is 36.5 Å². The quantitative estimate of drug-likeness (QED) is 0.796. The Bertz CT molecular complexity index is 819. The van der Waals surface area contributed by atoms with Gasteiger partial charge in [0.2, 0.25) is 11.8 Å². The molecule has 0 unspecified atom stereocenters. The number of aromatic nitrogens is 1. The first-order valence-electron chi connectivity index (χ1n) is 7.46. The van der Waals surface area contributed by atoms with E-state index in [9.17, 15) is 14.4 Å². The molecule has 0 radical (unpaired) electrons. The number of benzene rings is 1. The van der Waals surface area contributed by atoms with Crippen molar-refractivity contribution in [2.45, 2.75) is 19.4 Å². The summed E-state index contributed by atoms with van der Waals surface area (Å²) in [5, 5.41) is 7.87. The minimum Gasteiger partial charge on any atom is -0.340 e. The summed E-state index contributed by atoms with van der Waals surface area (Å²) in [5.74, 6) is -0.820. The topological polar surface area (TPSA) is 100 Å². The van der Waals surface area contributed by atoms with Gasteiger partial charge in [-0.05, 0) is 36.8 Å². The highest BCUT2D eigenvalue weighted by atomic mass is 16.2. The summed E-state index contributed by atoms with van der Waals surface area (Å²) >= 11 is 0. The van der Waals surface area contributed by atoms with Gasteiger partial charge in [0.05, 0.1) is 17.7 Å². The standard InChI is InChI=1S/C17H16N4O3/c1-10-6-7-18-14(8-10)21-15(22)9-13-17(24)19-12-5-3-2-4-11(12)16(23)20-13/h2-8,13H,9H2,1H3,(H,19,24)(H,20,23)(H,18,21,22)/t13-/m1/s1. The maximum atomic E-state index is 12.2. The van der Waals surface area contributed by atoms with Crippen molar-refractivity contribution in [2.24, 2.45) is 0 Å². The molecule has 1 aromatic carbocycles. The van der Waals surface area contributed by atoms with Gasteiger partial charge >= 0.3 is 0 Å². The van der Waals surface area contributed by atoms with Gasteiger partial charge in [-0.3, -0.25) is 14.4 Å². The van der Waals surface area contributed by atoms with E-state index in [-0.39, 0.29) is 6.42 Å². The Morgan fingerprint density at radius 2 is 2.04 bits per heavy atom. The number of nitrogens with zero attached hydrogens (tertiary/aromatic N) is 1. The number of hydrogen-bond donors (Lipinski definition) is 3. The van der Waals surface area contributed by atoms with E-state index < -0.39 is 23.8 Å². The lowest BCUT2D eigenvalue weighted by atomic mass is 10.1. The molecule has 1 aliphatic heterocycles. The molecule has 0 aliphatic carbocycles. The Balaban J connectivity index is 1.70. The van der Waals surface area contributed by atoms with Gasteiger partial charge in [0.15, 0.2) is 0 Å². The van der Waals surface area contributed by atoms with Crippen LogP contribution in [0.1, 0.15) is 22.3 Å². The number of fused-ring (bicyclic) bond motifs is 1. The zero-order valence-electron chi connectivity index (χ0n) is 13.0. The van der Waals surface area contributed by atoms with Crippen molar-refractivity contribution >= 4 is 29.2 Å². The molecule has 7 heteroatoms. The van der Waals surface area contributed by atoms with Crippen LogP contribution in [0.5, 0.6) is 0 Å². The number of aryl methyl sites for hydroxylation is 1. The fourth-order valence-corrected chi connectivity index (χ4v) is 2.44. The van der Waals surface area contributed by atoms with Gasteiger partial charge in [-0.15, -0.1) is 0 Å². The normalized spacial score (nSPS) is 16.5. The van der Waals surface area contributed by atoms with E-state index in [1.165, 1.54) is 0 Å². The zero-order valence-corrected chi connectivity index (χ0v) is 13.0. The van der Waals surface area contributed by atoms with Gasteiger partial charge in [0.1, 0.15) is 11.9 Å². The van der Waals surface area contributed by atoms with Crippen molar-refractivity contribution in [2.75, 3.05) is 10.6 Å². The number of amides is 3. The molecule has 3 rings (SSSR count). The molecule has 1 aromatic heterocycles. The monoisotopic (exact) mass is 324 g/mol. The van der Waals surface area contributed by atoms with Crippen molar-refractivity contribution in [3.63, 3.8) is 0 Å². The lowest BCUT2D eigenvalue weighted by Crippen LogP contribution is -2.43. The van der Waals surface area contributed by atoms with Gasteiger partial charge in [-0.1, -0.05) is 12.1 Å². The number of carbonyl (C=O) groups excluding carboxylic acids is 3. The largest absolute Gasteiger partial charge is 0.340 e.